The predicted molar refractivity (Wildman–Crippen MR) is 195 cm³/mol. The molecule has 2 radical (unpaired) electrons. The normalized spacial score (nSPS) is 10.5. The van der Waals surface area contributed by atoms with Gasteiger partial charge in [0.05, 0.1) is 13.2 Å². The van der Waals surface area contributed by atoms with Gasteiger partial charge >= 0.3 is 27.3 Å². The number of hydrogen-bond donors (Lipinski definition) is 3. The molecule has 0 heterocycles. The van der Waals surface area contributed by atoms with Crippen LogP contribution in [0.1, 0.15) is 219 Å². The van der Waals surface area contributed by atoms with Crippen LogP contribution >= 0.6 is 0 Å². The van der Waals surface area contributed by atoms with Gasteiger partial charge in [0.15, 0.2) is 0 Å². The monoisotopic (exact) mass is 867 g/mol. The first kappa shape index (κ1) is 53.5. The second kappa shape index (κ2) is 50.1. The summed E-state index contributed by atoms with van der Waals surface area (Å²) in [6.45, 7) is 3.81. The summed E-state index contributed by atoms with van der Waals surface area (Å²) in [7, 11) is 0. The van der Waals surface area contributed by atoms with E-state index in [1.807, 2.05) is 0 Å². The number of carbonyl (C=O) groups is 2. The number of carbonyl (C=O) groups excluding carboxylic acids is 2. The van der Waals surface area contributed by atoms with Gasteiger partial charge in [-0.05, 0) is 25.7 Å². The number of aliphatic carboxylic acids is 2. The van der Waals surface area contributed by atoms with Crippen molar-refractivity contribution in [1.29, 1.82) is 0 Å². The Balaban J connectivity index is -0.000000329. The SMILES string of the molecule is CCCCCCCCCCCCCCCCCC(=O)[O-].CCCCCCCCCCCCCCCCCC(=O)[O-].OCC(O)CO.[Pb+2]. The van der Waals surface area contributed by atoms with E-state index in [9.17, 15) is 19.8 Å². The van der Waals surface area contributed by atoms with Gasteiger partial charge in [-0.2, -0.15) is 0 Å². The zero-order chi connectivity index (χ0) is 34.8. The van der Waals surface area contributed by atoms with Gasteiger partial charge in [-0.25, -0.2) is 0 Å². The molecule has 7 nitrogen and oxygen atoms in total. The molecule has 280 valence electrons. The van der Waals surface area contributed by atoms with Crippen molar-refractivity contribution in [2.45, 2.75) is 225 Å². The van der Waals surface area contributed by atoms with E-state index in [0.29, 0.717) is 0 Å². The largest absolute Gasteiger partial charge is 2.00 e. The fraction of sp³-hybridized carbons (Fsp3) is 0.949. The van der Waals surface area contributed by atoms with E-state index < -0.39 is 18.0 Å². The first-order valence-electron chi connectivity index (χ1n) is 19.6. The van der Waals surface area contributed by atoms with E-state index >= 15 is 0 Å². The molecule has 3 N–H and O–H groups in total. The first-order chi connectivity index (χ1) is 22.3. The van der Waals surface area contributed by atoms with Gasteiger partial charge in [0.2, 0.25) is 0 Å². The molecule has 0 unspecified atom stereocenters. The Labute approximate surface area is 311 Å². The molecule has 47 heavy (non-hydrogen) atoms. The second-order valence-electron chi connectivity index (χ2n) is 13.2. The van der Waals surface area contributed by atoms with E-state index in [4.69, 9.17) is 15.3 Å². The van der Waals surface area contributed by atoms with Crippen LogP contribution in [0.2, 0.25) is 0 Å². The average molecular weight is 866 g/mol. The van der Waals surface area contributed by atoms with Crippen LogP contribution in [0.4, 0.5) is 0 Å². The van der Waals surface area contributed by atoms with Crippen molar-refractivity contribution in [3.63, 3.8) is 0 Å². The van der Waals surface area contributed by atoms with Crippen LogP contribution in [0.5, 0.6) is 0 Å². The molecule has 0 saturated heterocycles. The van der Waals surface area contributed by atoms with Gasteiger partial charge in [-0.3, -0.25) is 0 Å². The smallest absolute Gasteiger partial charge is 0.550 e. The molecule has 0 rings (SSSR count). The van der Waals surface area contributed by atoms with Gasteiger partial charge in [0, 0.05) is 11.9 Å². The van der Waals surface area contributed by atoms with Gasteiger partial charge in [0.25, 0.3) is 0 Å². The Bertz CT molecular complexity index is 530. The molecule has 0 aromatic carbocycles. The van der Waals surface area contributed by atoms with Crippen LogP contribution in [0.25, 0.3) is 0 Å². The molecule has 0 aromatic rings. The summed E-state index contributed by atoms with van der Waals surface area (Å²) in [5.41, 5.74) is 0. The molecule has 0 amide bonds. The summed E-state index contributed by atoms with van der Waals surface area (Å²) in [6, 6.07) is 0. The van der Waals surface area contributed by atoms with Crippen LogP contribution < -0.4 is 10.2 Å². The van der Waals surface area contributed by atoms with Crippen LogP contribution in [0.3, 0.4) is 0 Å². The minimum atomic E-state index is -0.954. The summed E-state index contributed by atoms with van der Waals surface area (Å²) < 4.78 is 0. The Morgan fingerprint density at radius 2 is 0.574 bits per heavy atom. The fourth-order valence-electron chi connectivity index (χ4n) is 5.34. The van der Waals surface area contributed by atoms with Crippen molar-refractivity contribution in [2.75, 3.05) is 13.2 Å². The van der Waals surface area contributed by atoms with Gasteiger partial charge in [-0.1, -0.05) is 194 Å². The second-order valence-corrected chi connectivity index (χ2v) is 13.2. The Morgan fingerprint density at radius 1 is 0.404 bits per heavy atom. The van der Waals surface area contributed by atoms with E-state index in [2.05, 4.69) is 13.8 Å². The fourth-order valence-corrected chi connectivity index (χ4v) is 5.34. The van der Waals surface area contributed by atoms with E-state index in [1.54, 1.807) is 0 Å². The molecule has 0 aliphatic carbocycles. The van der Waals surface area contributed by atoms with Crippen molar-refractivity contribution >= 4 is 39.2 Å². The average Bonchev–Trinajstić information content (AvgIpc) is 3.04. The van der Waals surface area contributed by atoms with Crippen molar-refractivity contribution in [2.24, 2.45) is 0 Å². The van der Waals surface area contributed by atoms with Crippen LogP contribution in [-0.4, -0.2) is 73.9 Å². The van der Waals surface area contributed by atoms with Crippen molar-refractivity contribution in [3.05, 3.63) is 0 Å². The third-order valence-electron chi connectivity index (χ3n) is 8.39. The molecule has 0 saturated carbocycles. The molecule has 8 heteroatoms. The number of unbranched alkanes of at least 4 members (excludes halogenated alkanes) is 28. The molecule has 0 aliphatic rings. The van der Waals surface area contributed by atoms with Crippen LogP contribution in [0.15, 0.2) is 0 Å². The Hall–Kier alpha value is -0.258. The minimum Gasteiger partial charge on any atom is -0.550 e. The topological polar surface area (TPSA) is 141 Å². The van der Waals surface area contributed by atoms with Crippen molar-refractivity contribution in [1.82, 2.24) is 0 Å². The molecule has 0 fully saturated rings. The Kier molecular flexibility index (Phi) is 57.1. The van der Waals surface area contributed by atoms with Crippen LogP contribution in [0, 0.1) is 0 Å². The van der Waals surface area contributed by atoms with Gasteiger partial charge < -0.3 is 35.1 Å². The maximum absolute atomic E-state index is 10.2. The predicted octanol–water partition coefficient (Wildman–Crippen LogP) is 7.95. The molecule has 0 atom stereocenters. The number of rotatable bonds is 34. The summed E-state index contributed by atoms with van der Waals surface area (Å²) in [4.78, 5) is 20.4. The summed E-state index contributed by atoms with van der Waals surface area (Å²) >= 11 is 0. The molecule has 0 bridgehead atoms. The molecule has 0 aromatic heterocycles. The number of aliphatic hydroxyl groups is 3. The number of hydrogen-bond acceptors (Lipinski definition) is 7. The zero-order valence-electron chi connectivity index (χ0n) is 31.1. The van der Waals surface area contributed by atoms with E-state index in [1.165, 1.54) is 167 Å². The third kappa shape index (κ3) is 61.4. The minimum absolute atomic E-state index is 0. The number of aliphatic hydroxyl groups excluding tert-OH is 3. The molecule has 0 spiro atoms. The number of carboxylic acids is 2. The Morgan fingerprint density at radius 3 is 0.702 bits per heavy atom. The van der Waals surface area contributed by atoms with E-state index in [-0.39, 0.29) is 53.4 Å². The summed E-state index contributed by atoms with van der Waals surface area (Å²) in [5, 5.41) is 44.5. The molecule has 0 aliphatic heterocycles. The van der Waals surface area contributed by atoms with Crippen molar-refractivity contribution < 1.29 is 35.1 Å². The maximum Gasteiger partial charge on any atom is 2.00 e. The van der Waals surface area contributed by atoms with Gasteiger partial charge in [0.1, 0.15) is 6.10 Å². The quantitative estimate of drug-likeness (QED) is 0.0441. The van der Waals surface area contributed by atoms with E-state index in [0.717, 1.165) is 25.7 Å². The third-order valence-corrected chi connectivity index (χ3v) is 8.39. The summed E-state index contributed by atoms with van der Waals surface area (Å²) in [6.07, 6.45) is 38.8. The number of carboxylic acid groups (broad SMARTS) is 2. The standard InChI is InChI=1S/2C18H36O2.C3H8O3.Pb/c2*1-2-3-4-5-6-7-8-9-10-11-12-13-14-15-16-17-18(19)20;4-1-3(6)2-5;/h2*2-17H2,1H3,(H,19,20);3-6H,1-2H2;/q;;;+2/p-2. The van der Waals surface area contributed by atoms with Crippen LogP contribution in [-0.2, 0) is 9.59 Å². The maximum atomic E-state index is 10.2. The summed E-state index contributed by atoms with van der Waals surface area (Å²) in [5.74, 6) is -1.81. The first-order valence-corrected chi connectivity index (χ1v) is 19.6. The molecular formula is C39H78O7Pb. The molecular weight excluding hydrogens is 788 g/mol. The van der Waals surface area contributed by atoms with Crippen molar-refractivity contribution in [3.8, 4) is 0 Å². The van der Waals surface area contributed by atoms with Gasteiger partial charge in [-0.15, -0.1) is 0 Å². The zero-order valence-corrected chi connectivity index (χ0v) is 35.0.